The number of H-pyrrole nitrogens is 1. The van der Waals surface area contributed by atoms with Gasteiger partial charge in [0, 0.05) is 17.6 Å². The fourth-order valence-electron chi connectivity index (χ4n) is 2.59. The number of hydrogen-bond donors (Lipinski definition) is 1. The molecule has 0 aliphatic carbocycles. The highest BCUT2D eigenvalue weighted by Crippen LogP contribution is 2.29. The lowest BCUT2D eigenvalue weighted by Gasteiger charge is -2.25. The highest BCUT2D eigenvalue weighted by Gasteiger charge is 2.13. The number of nitrogens with zero attached hydrogens (tertiary/aromatic N) is 3. The topological polar surface area (TPSA) is 55.7 Å². The predicted octanol–water partition coefficient (Wildman–Crippen LogP) is 4.32. The summed E-state index contributed by atoms with van der Waals surface area (Å²) in [7, 11) is 0. The van der Waals surface area contributed by atoms with Crippen LogP contribution in [0.15, 0.2) is 54.7 Å². The van der Waals surface area contributed by atoms with Crippen molar-refractivity contribution in [3.05, 3.63) is 77.4 Å². The van der Waals surface area contributed by atoms with E-state index >= 15 is 0 Å². The van der Waals surface area contributed by atoms with E-state index in [9.17, 15) is 4.39 Å². The first kappa shape index (κ1) is 15.8. The largest absolute Gasteiger partial charge is 0.335 e. The summed E-state index contributed by atoms with van der Waals surface area (Å²) in [5, 5.41) is 15.9. The van der Waals surface area contributed by atoms with Gasteiger partial charge in [0.2, 0.25) is 0 Å². The Hall–Kier alpha value is -3.13. The van der Waals surface area contributed by atoms with Gasteiger partial charge < -0.3 is 4.90 Å². The Morgan fingerprint density at radius 3 is 2.50 bits per heavy atom. The molecule has 0 fully saturated rings. The quantitative estimate of drug-likeness (QED) is 0.761. The van der Waals surface area contributed by atoms with E-state index in [0.717, 1.165) is 17.1 Å². The van der Waals surface area contributed by atoms with E-state index in [-0.39, 0.29) is 5.82 Å². The van der Waals surface area contributed by atoms with E-state index < -0.39 is 0 Å². The van der Waals surface area contributed by atoms with Gasteiger partial charge in [0.15, 0.2) is 0 Å². The third kappa shape index (κ3) is 3.28. The van der Waals surface area contributed by atoms with E-state index in [2.05, 4.69) is 21.2 Å². The molecule has 120 valence electrons. The van der Waals surface area contributed by atoms with Gasteiger partial charge in [-0.05, 0) is 60.5 Å². The van der Waals surface area contributed by atoms with Crippen LogP contribution in [0.1, 0.15) is 23.7 Å². The van der Waals surface area contributed by atoms with Crippen molar-refractivity contribution in [2.24, 2.45) is 0 Å². The van der Waals surface area contributed by atoms with Crippen molar-refractivity contribution in [2.75, 3.05) is 4.90 Å². The standard InChI is InChI=1S/C19H17FN4/c1-2-15-11-18(7-8-19(15)20)24(13-16-9-10-22-23-16)17-5-3-14(12-21)4-6-17/h3-11H,2,13H2,1H3,(H,22,23). The Balaban J connectivity index is 2.02. The lowest BCUT2D eigenvalue weighted by Crippen LogP contribution is -2.17. The lowest BCUT2D eigenvalue weighted by molar-refractivity contribution is 0.612. The predicted molar refractivity (Wildman–Crippen MR) is 91.4 cm³/mol. The van der Waals surface area contributed by atoms with Gasteiger partial charge in [-0.2, -0.15) is 10.4 Å². The molecule has 0 atom stereocenters. The molecule has 2 aromatic carbocycles. The Morgan fingerprint density at radius 2 is 1.88 bits per heavy atom. The number of anilines is 2. The number of aryl methyl sites for hydroxylation is 1. The maximum absolute atomic E-state index is 13.8. The summed E-state index contributed by atoms with van der Waals surface area (Å²) >= 11 is 0. The molecule has 1 aromatic heterocycles. The van der Waals surface area contributed by atoms with E-state index in [1.165, 1.54) is 6.07 Å². The second-order valence-corrected chi connectivity index (χ2v) is 5.46. The van der Waals surface area contributed by atoms with Crippen LogP contribution in [0.2, 0.25) is 0 Å². The van der Waals surface area contributed by atoms with Crippen molar-refractivity contribution in [1.82, 2.24) is 10.2 Å². The Labute approximate surface area is 140 Å². The molecule has 24 heavy (non-hydrogen) atoms. The summed E-state index contributed by atoms with van der Waals surface area (Å²) in [5.41, 5.74) is 4.05. The normalized spacial score (nSPS) is 10.4. The number of aromatic nitrogens is 2. The van der Waals surface area contributed by atoms with Gasteiger partial charge in [-0.15, -0.1) is 0 Å². The molecule has 0 bridgehead atoms. The second kappa shape index (κ2) is 6.97. The summed E-state index contributed by atoms with van der Waals surface area (Å²) in [6.45, 7) is 2.50. The van der Waals surface area contributed by atoms with Gasteiger partial charge in [-0.3, -0.25) is 5.10 Å². The maximum Gasteiger partial charge on any atom is 0.126 e. The minimum absolute atomic E-state index is 0.192. The van der Waals surface area contributed by atoms with Crippen LogP contribution in [0.3, 0.4) is 0 Å². The minimum atomic E-state index is -0.192. The SMILES string of the molecule is CCc1cc(N(Cc2ccn[nH]2)c2ccc(C#N)cc2)ccc1F. The van der Waals surface area contributed by atoms with Crippen LogP contribution in [0.4, 0.5) is 15.8 Å². The highest BCUT2D eigenvalue weighted by atomic mass is 19.1. The molecular formula is C19H17FN4. The van der Waals surface area contributed by atoms with E-state index in [1.807, 2.05) is 31.2 Å². The smallest absolute Gasteiger partial charge is 0.126 e. The maximum atomic E-state index is 13.8. The van der Waals surface area contributed by atoms with Crippen LogP contribution in [0.5, 0.6) is 0 Å². The molecule has 5 heteroatoms. The highest BCUT2D eigenvalue weighted by molar-refractivity contribution is 5.64. The lowest BCUT2D eigenvalue weighted by atomic mass is 10.1. The van der Waals surface area contributed by atoms with Crippen molar-refractivity contribution in [3.63, 3.8) is 0 Å². The van der Waals surface area contributed by atoms with Crippen molar-refractivity contribution in [2.45, 2.75) is 19.9 Å². The molecule has 0 radical (unpaired) electrons. The second-order valence-electron chi connectivity index (χ2n) is 5.46. The molecule has 0 unspecified atom stereocenters. The monoisotopic (exact) mass is 320 g/mol. The molecule has 0 amide bonds. The molecule has 0 saturated heterocycles. The Morgan fingerprint density at radius 1 is 1.12 bits per heavy atom. The molecule has 0 aliphatic rings. The summed E-state index contributed by atoms with van der Waals surface area (Å²) in [4.78, 5) is 2.06. The van der Waals surface area contributed by atoms with E-state index in [4.69, 9.17) is 5.26 Å². The zero-order valence-corrected chi connectivity index (χ0v) is 13.3. The number of halogens is 1. The number of benzene rings is 2. The molecule has 0 saturated carbocycles. The van der Waals surface area contributed by atoms with Gasteiger partial charge >= 0.3 is 0 Å². The van der Waals surface area contributed by atoms with Crippen LogP contribution < -0.4 is 4.90 Å². The number of rotatable bonds is 5. The fraction of sp³-hybridized carbons (Fsp3) is 0.158. The zero-order chi connectivity index (χ0) is 16.9. The first-order chi connectivity index (χ1) is 11.7. The van der Waals surface area contributed by atoms with E-state index in [0.29, 0.717) is 24.1 Å². The summed E-state index contributed by atoms with van der Waals surface area (Å²) in [5.74, 6) is -0.192. The van der Waals surface area contributed by atoms with Crippen molar-refractivity contribution in [3.8, 4) is 6.07 Å². The molecule has 4 nitrogen and oxygen atoms in total. The average molecular weight is 320 g/mol. The van der Waals surface area contributed by atoms with Gasteiger partial charge in [-0.25, -0.2) is 4.39 Å². The van der Waals surface area contributed by atoms with Crippen LogP contribution >= 0.6 is 0 Å². The Kier molecular flexibility index (Phi) is 4.57. The number of nitrogens with one attached hydrogen (secondary N) is 1. The summed E-state index contributed by atoms with van der Waals surface area (Å²) in [6, 6.07) is 16.5. The third-order valence-corrected chi connectivity index (χ3v) is 3.92. The summed E-state index contributed by atoms with van der Waals surface area (Å²) < 4.78 is 13.8. The molecule has 0 spiro atoms. The molecule has 1 heterocycles. The number of hydrogen-bond acceptors (Lipinski definition) is 3. The Bertz CT molecular complexity index is 848. The van der Waals surface area contributed by atoms with Crippen LogP contribution in [0, 0.1) is 17.1 Å². The molecule has 0 aliphatic heterocycles. The zero-order valence-electron chi connectivity index (χ0n) is 13.3. The van der Waals surface area contributed by atoms with Gasteiger partial charge in [0.05, 0.1) is 23.9 Å². The van der Waals surface area contributed by atoms with Gasteiger partial charge in [0.1, 0.15) is 5.82 Å². The first-order valence-electron chi connectivity index (χ1n) is 7.75. The summed E-state index contributed by atoms with van der Waals surface area (Å²) in [6.07, 6.45) is 2.33. The number of nitriles is 1. The van der Waals surface area contributed by atoms with Crippen molar-refractivity contribution in [1.29, 1.82) is 5.26 Å². The van der Waals surface area contributed by atoms with Crippen molar-refractivity contribution < 1.29 is 4.39 Å². The van der Waals surface area contributed by atoms with Crippen molar-refractivity contribution >= 4 is 11.4 Å². The average Bonchev–Trinajstić information content (AvgIpc) is 3.14. The van der Waals surface area contributed by atoms with Crippen LogP contribution in [-0.4, -0.2) is 10.2 Å². The first-order valence-corrected chi connectivity index (χ1v) is 7.75. The number of aromatic amines is 1. The van der Waals surface area contributed by atoms with Gasteiger partial charge in [0.25, 0.3) is 0 Å². The molecule has 1 N–H and O–H groups in total. The minimum Gasteiger partial charge on any atom is -0.335 e. The van der Waals surface area contributed by atoms with Gasteiger partial charge in [-0.1, -0.05) is 6.92 Å². The van der Waals surface area contributed by atoms with E-state index in [1.54, 1.807) is 24.4 Å². The van der Waals surface area contributed by atoms with Crippen LogP contribution in [-0.2, 0) is 13.0 Å². The molecular weight excluding hydrogens is 303 g/mol. The fourth-order valence-corrected chi connectivity index (χ4v) is 2.59. The van der Waals surface area contributed by atoms with Crippen LogP contribution in [0.25, 0.3) is 0 Å². The molecule has 3 rings (SSSR count). The third-order valence-electron chi connectivity index (χ3n) is 3.92. The molecule has 3 aromatic rings.